The maximum atomic E-state index is 12.3. The van der Waals surface area contributed by atoms with E-state index >= 15 is 0 Å². The van der Waals surface area contributed by atoms with Crippen LogP contribution in [0.5, 0.6) is 0 Å². The van der Waals surface area contributed by atoms with Gasteiger partial charge in [0.2, 0.25) is 0 Å². The van der Waals surface area contributed by atoms with Crippen molar-refractivity contribution < 1.29 is 14.3 Å². The first-order valence-corrected chi connectivity index (χ1v) is 7.70. The summed E-state index contributed by atoms with van der Waals surface area (Å²) in [5.41, 5.74) is -0.737. The number of methoxy groups -OCH3 is 1. The topological polar surface area (TPSA) is 50.8 Å². The summed E-state index contributed by atoms with van der Waals surface area (Å²) in [4.78, 5) is 14.1. The molecule has 126 valence electrons. The third-order valence-corrected chi connectivity index (χ3v) is 3.01. The summed E-state index contributed by atoms with van der Waals surface area (Å²) in [6.45, 7) is 15.9. The van der Waals surface area contributed by atoms with Crippen LogP contribution in [0.1, 0.15) is 54.9 Å². The lowest BCUT2D eigenvalue weighted by molar-refractivity contribution is 0.00642. The summed E-state index contributed by atoms with van der Waals surface area (Å²) in [5.74, 6) is 0. The minimum absolute atomic E-state index is 0.263. The van der Waals surface area contributed by atoms with Crippen molar-refractivity contribution in [3.05, 3.63) is 0 Å². The number of nitrogens with zero attached hydrogens (tertiary/aromatic N) is 1. The molecule has 0 bridgehead atoms. The molecule has 0 aromatic carbocycles. The second-order valence-corrected chi connectivity index (χ2v) is 7.44. The number of carbonyl (C=O) groups is 1. The van der Waals surface area contributed by atoms with E-state index in [1.807, 2.05) is 41.5 Å². The van der Waals surface area contributed by atoms with E-state index in [1.165, 1.54) is 0 Å². The fourth-order valence-electron chi connectivity index (χ4n) is 1.84. The summed E-state index contributed by atoms with van der Waals surface area (Å²) >= 11 is 0. The van der Waals surface area contributed by atoms with E-state index in [-0.39, 0.29) is 11.6 Å². The van der Waals surface area contributed by atoms with Gasteiger partial charge in [-0.2, -0.15) is 0 Å². The van der Waals surface area contributed by atoms with E-state index in [0.29, 0.717) is 12.6 Å². The number of carbonyl (C=O) groups excluding carboxylic acids is 1. The molecule has 0 fully saturated rings. The molecule has 0 radical (unpaired) electrons. The van der Waals surface area contributed by atoms with Crippen LogP contribution in [0.4, 0.5) is 4.79 Å². The number of amides is 1. The Balaban J connectivity index is 4.43. The molecule has 0 heterocycles. The summed E-state index contributed by atoms with van der Waals surface area (Å²) in [5, 5.41) is 3.41. The lowest BCUT2D eigenvalue weighted by Gasteiger charge is -2.37. The fourth-order valence-corrected chi connectivity index (χ4v) is 1.84. The monoisotopic (exact) mass is 302 g/mol. The molecule has 0 aliphatic rings. The molecule has 1 unspecified atom stereocenters. The third-order valence-electron chi connectivity index (χ3n) is 3.01. The van der Waals surface area contributed by atoms with E-state index in [4.69, 9.17) is 9.47 Å². The predicted molar refractivity (Wildman–Crippen MR) is 86.7 cm³/mol. The zero-order valence-electron chi connectivity index (χ0n) is 15.1. The SMILES string of the molecule is COCCC(C)NCCN(C(=O)OC(C)(C)C)C(C)(C)C. The number of nitrogens with one attached hydrogen (secondary N) is 1. The fraction of sp³-hybridized carbons (Fsp3) is 0.938. The van der Waals surface area contributed by atoms with Crippen LogP contribution in [0.25, 0.3) is 0 Å². The van der Waals surface area contributed by atoms with Crippen LogP contribution >= 0.6 is 0 Å². The Bertz CT molecular complexity index is 306. The third kappa shape index (κ3) is 9.69. The number of ether oxygens (including phenoxy) is 2. The van der Waals surface area contributed by atoms with Gasteiger partial charge in [0.1, 0.15) is 5.60 Å². The Labute approximate surface area is 130 Å². The lowest BCUT2D eigenvalue weighted by atomic mass is 10.1. The maximum Gasteiger partial charge on any atom is 0.410 e. The smallest absolute Gasteiger partial charge is 0.410 e. The molecule has 0 spiro atoms. The standard InChI is InChI=1S/C16H34N2O3/c1-13(9-12-20-8)17-10-11-18(15(2,3)4)14(19)21-16(5,6)7/h13,17H,9-12H2,1-8H3. The van der Waals surface area contributed by atoms with Crippen molar-refractivity contribution in [2.24, 2.45) is 0 Å². The average molecular weight is 302 g/mol. The van der Waals surface area contributed by atoms with Crippen LogP contribution < -0.4 is 5.32 Å². The first-order chi connectivity index (χ1) is 9.47. The Kier molecular flexibility index (Phi) is 8.26. The molecule has 0 rings (SSSR count). The first-order valence-electron chi connectivity index (χ1n) is 7.70. The van der Waals surface area contributed by atoms with Gasteiger partial charge in [0.15, 0.2) is 0 Å². The summed E-state index contributed by atoms with van der Waals surface area (Å²) < 4.78 is 10.6. The highest BCUT2D eigenvalue weighted by molar-refractivity contribution is 5.69. The van der Waals surface area contributed by atoms with Crippen LogP contribution in [0.2, 0.25) is 0 Å². The van der Waals surface area contributed by atoms with Gasteiger partial charge in [0, 0.05) is 38.4 Å². The van der Waals surface area contributed by atoms with Gasteiger partial charge in [-0.3, -0.25) is 0 Å². The van der Waals surface area contributed by atoms with Gasteiger partial charge < -0.3 is 19.7 Å². The second kappa shape index (κ2) is 8.59. The van der Waals surface area contributed by atoms with Gasteiger partial charge in [-0.1, -0.05) is 0 Å². The van der Waals surface area contributed by atoms with Crippen molar-refractivity contribution in [3.63, 3.8) is 0 Å². The molecule has 0 aromatic heterocycles. The Hall–Kier alpha value is -0.810. The minimum atomic E-state index is -0.472. The van der Waals surface area contributed by atoms with Crippen LogP contribution in [0, 0.1) is 0 Å². The molecule has 5 heteroatoms. The van der Waals surface area contributed by atoms with Gasteiger partial charge >= 0.3 is 6.09 Å². The number of hydrogen-bond donors (Lipinski definition) is 1. The van der Waals surface area contributed by atoms with Crippen LogP contribution in [0.15, 0.2) is 0 Å². The Morgan fingerprint density at radius 3 is 2.19 bits per heavy atom. The highest BCUT2D eigenvalue weighted by Crippen LogP contribution is 2.17. The molecule has 1 amide bonds. The second-order valence-electron chi connectivity index (χ2n) is 7.44. The average Bonchev–Trinajstić information content (AvgIpc) is 2.27. The lowest BCUT2D eigenvalue weighted by Crippen LogP contribution is -2.50. The molecule has 1 atom stereocenters. The van der Waals surface area contributed by atoms with Gasteiger partial charge in [-0.05, 0) is 54.9 Å². The zero-order valence-corrected chi connectivity index (χ0v) is 15.1. The van der Waals surface area contributed by atoms with Crippen LogP contribution in [-0.2, 0) is 9.47 Å². The molecular weight excluding hydrogens is 268 g/mol. The minimum Gasteiger partial charge on any atom is -0.444 e. The van der Waals surface area contributed by atoms with Gasteiger partial charge in [-0.25, -0.2) is 4.79 Å². The van der Waals surface area contributed by atoms with Crippen LogP contribution in [0.3, 0.4) is 0 Å². The van der Waals surface area contributed by atoms with E-state index in [1.54, 1.807) is 12.0 Å². The quantitative estimate of drug-likeness (QED) is 0.785. The normalized spacial score (nSPS) is 13.9. The van der Waals surface area contributed by atoms with E-state index in [9.17, 15) is 4.79 Å². The van der Waals surface area contributed by atoms with Crippen molar-refractivity contribution in [2.45, 2.75) is 72.1 Å². The van der Waals surface area contributed by atoms with Gasteiger partial charge in [0.05, 0.1) is 0 Å². The van der Waals surface area contributed by atoms with Crippen molar-refractivity contribution >= 4 is 6.09 Å². The molecule has 1 N–H and O–H groups in total. The van der Waals surface area contributed by atoms with E-state index in [0.717, 1.165) is 19.6 Å². The first kappa shape index (κ1) is 20.2. The molecule has 0 saturated carbocycles. The molecule has 0 saturated heterocycles. The molecular formula is C16H34N2O3. The number of rotatable bonds is 7. The van der Waals surface area contributed by atoms with E-state index < -0.39 is 5.60 Å². The molecule has 0 aliphatic heterocycles. The largest absolute Gasteiger partial charge is 0.444 e. The van der Waals surface area contributed by atoms with Crippen molar-refractivity contribution in [1.29, 1.82) is 0 Å². The Morgan fingerprint density at radius 1 is 1.19 bits per heavy atom. The van der Waals surface area contributed by atoms with Gasteiger partial charge in [-0.15, -0.1) is 0 Å². The van der Waals surface area contributed by atoms with Crippen molar-refractivity contribution in [2.75, 3.05) is 26.8 Å². The molecule has 0 aliphatic carbocycles. The zero-order chi connectivity index (χ0) is 16.7. The molecule has 21 heavy (non-hydrogen) atoms. The highest BCUT2D eigenvalue weighted by atomic mass is 16.6. The van der Waals surface area contributed by atoms with E-state index in [2.05, 4.69) is 12.2 Å². The molecule has 0 aromatic rings. The number of hydrogen-bond acceptors (Lipinski definition) is 4. The van der Waals surface area contributed by atoms with Gasteiger partial charge in [0.25, 0.3) is 0 Å². The van der Waals surface area contributed by atoms with Crippen molar-refractivity contribution in [3.8, 4) is 0 Å². The predicted octanol–water partition coefficient (Wildman–Crippen LogP) is 3.04. The van der Waals surface area contributed by atoms with Crippen molar-refractivity contribution in [1.82, 2.24) is 10.2 Å². The maximum absolute atomic E-state index is 12.3. The summed E-state index contributed by atoms with van der Waals surface area (Å²) in [7, 11) is 1.70. The summed E-state index contributed by atoms with van der Waals surface area (Å²) in [6, 6.07) is 0.366. The Morgan fingerprint density at radius 2 is 1.76 bits per heavy atom. The molecule has 5 nitrogen and oxygen atoms in total. The summed E-state index contributed by atoms with van der Waals surface area (Å²) in [6.07, 6.45) is 0.694. The highest BCUT2D eigenvalue weighted by Gasteiger charge is 2.30. The van der Waals surface area contributed by atoms with Crippen LogP contribution in [-0.4, -0.2) is 55.0 Å².